The lowest BCUT2D eigenvalue weighted by Crippen LogP contribution is -2.43. The minimum atomic E-state index is -3.88. The second-order valence-corrected chi connectivity index (χ2v) is 6.87. The van der Waals surface area contributed by atoms with Gasteiger partial charge in [0.2, 0.25) is 15.8 Å². The summed E-state index contributed by atoms with van der Waals surface area (Å²) in [4.78, 5) is 9.52. The molecule has 0 aliphatic carbocycles. The Kier molecular flexibility index (Phi) is 4.55. The fourth-order valence-electron chi connectivity index (χ4n) is 2.33. The normalized spacial score (nSPS) is 17.1. The molecule has 1 fully saturated rings. The van der Waals surface area contributed by atoms with Crippen LogP contribution in [0.5, 0.6) is 0 Å². The monoisotopic (exact) mass is 317 g/mol. The summed E-state index contributed by atoms with van der Waals surface area (Å²) >= 11 is 0. The molecule has 0 bridgehead atoms. The van der Waals surface area contributed by atoms with Crippen LogP contribution in [0.25, 0.3) is 0 Å². The minimum absolute atomic E-state index is 0.166. The van der Waals surface area contributed by atoms with Crippen LogP contribution in [0.4, 0.5) is 10.1 Å². The SMILES string of the molecule is CN(C1CCNCC1)S(=O)(=O)c1ccc(F)c([N+](=O)[O-])c1. The highest BCUT2D eigenvalue weighted by Crippen LogP contribution is 2.25. The first-order chi connectivity index (χ1) is 9.84. The van der Waals surface area contributed by atoms with Gasteiger partial charge in [-0.25, -0.2) is 8.42 Å². The highest BCUT2D eigenvalue weighted by atomic mass is 32.2. The molecule has 0 atom stereocenters. The van der Waals surface area contributed by atoms with Gasteiger partial charge in [0.05, 0.1) is 9.82 Å². The molecule has 1 N–H and O–H groups in total. The molecule has 7 nitrogen and oxygen atoms in total. The van der Waals surface area contributed by atoms with Gasteiger partial charge in [0.25, 0.3) is 0 Å². The van der Waals surface area contributed by atoms with Gasteiger partial charge in [-0.3, -0.25) is 10.1 Å². The lowest BCUT2D eigenvalue weighted by Gasteiger charge is -2.30. The van der Waals surface area contributed by atoms with Crippen molar-refractivity contribution in [3.05, 3.63) is 34.1 Å². The number of nitrogens with one attached hydrogen (secondary N) is 1. The van der Waals surface area contributed by atoms with E-state index in [9.17, 15) is 22.9 Å². The first kappa shape index (κ1) is 15.8. The van der Waals surface area contributed by atoms with E-state index in [-0.39, 0.29) is 10.9 Å². The molecule has 0 aromatic heterocycles. The van der Waals surface area contributed by atoms with Crippen molar-refractivity contribution in [2.75, 3.05) is 20.1 Å². The lowest BCUT2D eigenvalue weighted by molar-refractivity contribution is -0.387. The Morgan fingerprint density at radius 2 is 2.00 bits per heavy atom. The van der Waals surface area contributed by atoms with Crippen molar-refractivity contribution in [1.29, 1.82) is 0 Å². The quantitative estimate of drug-likeness (QED) is 0.663. The summed E-state index contributed by atoms with van der Waals surface area (Å²) in [5.74, 6) is -1.05. The smallest absolute Gasteiger partial charge is 0.306 e. The third kappa shape index (κ3) is 3.20. The molecule has 1 aliphatic heterocycles. The number of rotatable bonds is 4. The van der Waals surface area contributed by atoms with Gasteiger partial charge in [-0.2, -0.15) is 8.70 Å². The van der Waals surface area contributed by atoms with Gasteiger partial charge in [0, 0.05) is 19.2 Å². The van der Waals surface area contributed by atoms with E-state index in [1.807, 2.05) is 0 Å². The molecule has 0 unspecified atom stereocenters. The Morgan fingerprint density at radius 3 is 2.57 bits per heavy atom. The molecule has 116 valence electrons. The van der Waals surface area contributed by atoms with E-state index in [4.69, 9.17) is 0 Å². The van der Waals surface area contributed by atoms with Crippen molar-refractivity contribution in [1.82, 2.24) is 9.62 Å². The van der Waals surface area contributed by atoms with Gasteiger partial charge in [0.15, 0.2) is 0 Å². The van der Waals surface area contributed by atoms with Crippen LogP contribution in [0.2, 0.25) is 0 Å². The number of sulfonamides is 1. The molecular formula is C12H16FN3O4S. The maximum atomic E-state index is 13.3. The van der Waals surface area contributed by atoms with Crippen molar-refractivity contribution in [2.45, 2.75) is 23.8 Å². The predicted octanol–water partition coefficient (Wildman–Crippen LogP) is 1.11. The topological polar surface area (TPSA) is 92.6 Å². The third-order valence-corrected chi connectivity index (χ3v) is 5.52. The van der Waals surface area contributed by atoms with Crippen LogP contribution in [0.15, 0.2) is 23.1 Å². The van der Waals surface area contributed by atoms with Crippen molar-refractivity contribution < 1.29 is 17.7 Å². The van der Waals surface area contributed by atoms with Crippen LogP contribution in [0, 0.1) is 15.9 Å². The molecule has 1 aliphatic rings. The second-order valence-electron chi connectivity index (χ2n) is 4.87. The van der Waals surface area contributed by atoms with Crippen LogP contribution in [0.3, 0.4) is 0 Å². The number of hydrogen-bond acceptors (Lipinski definition) is 5. The Labute approximate surface area is 122 Å². The number of halogens is 1. The van der Waals surface area contributed by atoms with Crippen LogP contribution in [0.1, 0.15) is 12.8 Å². The molecular weight excluding hydrogens is 301 g/mol. The Balaban J connectivity index is 2.34. The number of benzene rings is 1. The predicted molar refractivity (Wildman–Crippen MR) is 73.9 cm³/mol. The summed E-state index contributed by atoms with van der Waals surface area (Å²) in [6.45, 7) is 1.43. The molecule has 1 aromatic rings. The van der Waals surface area contributed by atoms with Crippen LogP contribution in [-0.2, 0) is 10.0 Å². The van der Waals surface area contributed by atoms with E-state index < -0.39 is 26.5 Å². The van der Waals surface area contributed by atoms with E-state index in [1.54, 1.807) is 0 Å². The minimum Gasteiger partial charge on any atom is -0.317 e. The van der Waals surface area contributed by atoms with E-state index in [2.05, 4.69) is 5.32 Å². The van der Waals surface area contributed by atoms with E-state index in [1.165, 1.54) is 11.4 Å². The number of hydrogen-bond donors (Lipinski definition) is 1. The fourth-order valence-corrected chi connectivity index (χ4v) is 3.76. The number of nitro groups is 1. The molecule has 0 spiro atoms. The Morgan fingerprint density at radius 1 is 1.38 bits per heavy atom. The largest absolute Gasteiger partial charge is 0.317 e. The standard InChI is InChI=1S/C12H16FN3O4S/c1-15(9-4-6-14-7-5-9)21(19,20)10-2-3-11(13)12(8-10)16(17)18/h2-3,8-9,14H,4-7H2,1H3. The summed E-state index contributed by atoms with van der Waals surface area (Å²) in [5, 5.41) is 13.9. The second kappa shape index (κ2) is 6.04. The van der Waals surface area contributed by atoms with Crippen LogP contribution in [-0.4, -0.2) is 43.8 Å². The highest BCUT2D eigenvalue weighted by Gasteiger charge is 2.30. The average molecular weight is 317 g/mol. The number of piperidine rings is 1. The van der Waals surface area contributed by atoms with Crippen molar-refractivity contribution >= 4 is 15.7 Å². The maximum Gasteiger partial charge on any atom is 0.306 e. The van der Waals surface area contributed by atoms with Gasteiger partial charge in [-0.05, 0) is 38.1 Å². The van der Waals surface area contributed by atoms with Crippen molar-refractivity contribution in [3.63, 3.8) is 0 Å². The number of nitrogens with zero attached hydrogens (tertiary/aromatic N) is 2. The third-order valence-electron chi connectivity index (χ3n) is 3.61. The lowest BCUT2D eigenvalue weighted by atomic mass is 10.1. The Hall–Kier alpha value is -1.58. The first-order valence-electron chi connectivity index (χ1n) is 6.46. The summed E-state index contributed by atoms with van der Waals surface area (Å²) in [6, 6.07) is 2.46. The fraction of sp³-hybridized carbons (Fsp3) is 0.500. The molecule has 1 heterocycles. The highest BCUT2D eigenvalue weighted by molar-refractivity contribution is 7.89. The van der Waals surface area contributed by atoms with Crippen molar-refractivity contribution in [2.24, 2.45) is 0 Å². The van der Waals surface area contributed by atoms with Crippen LogP contribution < -0.4 is 5.32 Å². The molecule has 21 heavy (non-hydrogen) atoms. The van der Waals surface area contributed by atoms with Gasteiger partial charge >= 0.3 is 5.69 Å². The summed E-state index contributed by atoms with van der Waals surface area (Å²) in [7, 11) is -2.43. The summed E-state index contributed by atoms with van der Waals surface area (Å²) in [5.41, 5.74) is -0.838. The van der Waals surface area contributed by atoms with Crippen LogP contribution >= 0.6 is 0 Å². The zero-order valence-corrected chi connectivity index (χ0v) is 12.3. The molecule has 1 saturated heterocycles. The summed E-state index contributed by atoms with van der Waals surface area (Å²) < 4.78 is 39.5. The molecule has 0 amide bonds. The van der Waals surface area contributed by atoms with Gasteiger partial charge in [0.1, 0.15) is 0 Å². The Bertz CT molecular complexity index is 644. The summed E-state index contributed by atoms with van der Waals surface area (Å²) in [6.07, 6.45) is 1.33. The molecule has 1 aromatic carbocycles. The average Bonchev–Trinajstić information content (AvgIpc) is 2.47. The molecule has 2 rings (SSSR count). The number of nitro benzene ring substituents is 1. The van der Waals surface area contributed by atoms with Gasteiger partial charge in [-0.15, -0.1) is 0 Å². The van der Waals surface area contributed by atoms with E-state index in [0.29, 0.717) is 25.9 Å². The maximum absolute atomic E-state index is 13.3. The molecule has 9 heteroatoms. The van der Waals surface area contributed by atoms with Gasteiger partial charge in [-0.1, -0.05) is 0 Å². The zero-order chi connectivity index (χ0) is 15.6. The zero-order valence-electron chi connectivity index (χ0n) is 11.5. The van der Waals surface area contributed by atoms with Crippen molar-refractivity contribution in [3.8, 4) is 0 Å². The molecule has 0 saturated carbocycles. The first-order valence-corrected chi connectivity index (χ1v) is 7.90. The van der Waals surface area contributed by atoms with E-state index in [0.717, 1.165) is 18.2 Å². The molecule has 0 radical (unpaired) electrons. The van der Waals surface area contributed by atoms with Gasteiger partial charge < -0.3 is 5.32 Å². The van der Waals surface area contributed by atoms with E-state index >= 15 is 0 Å².